The topological polar surface area (TPSA) is 86.9 Å². The molecule has 0 radical (unpaired) electrons. The summed E-state index contributed by atoms with van der Waals surface area (Å²) in [5.41, 5.74) is 14.2. The Morgan fingerprint density at radius 1 is 1.47 bits per heavy atom. The zero-order valence-corrected chi connectivity index (χ0v) is 9.55. The van der Waals surface area contributed by atoms with E-state index in [1.54, 1.807) is 10.9 Å². The van der Waals surface area contributed by atoms with Crippen LogP contribution in [-0.4, -0.2) is 15.7 Å². The number of amides is 1. The van der Waals surface area contributed by atoms with Crippen molar-refractivity contribution in [2.45, 2.75) is 13.5 Å². The van der Waals surface area contributed by atoms with Crippen LogP contribution in [0.1, 0.15) is 21.5 Å². The summed E-state index contributed by atoms with van der Waals surface area (Å²) in [7, 11) is 0. The summed E-state index contributed by atoms with van der Waals surface area (Å²) in [6.07, 6.45) is 3.07. The number of nitrogens with two attached hydrogens (primary N) is 2. The van der Waals surface area contributed by atoms with Gasteiger partial charge >= 0.3 is 0 Å². The van der Waals surface area contributed by atoms with E-state index >= 15 is 0 Å². The van der Waals surface area contributed by atoms with Gasteiger partial charge in [-0.2, -0.15) is 5.10 Å². The van der Waals surface area contributed by atoms with Crippen LogP contribution in [0, 0.1) is 6.92 Å². The number of hydrogen-bond donors (Lipinski definition) is 2. The van der Waals surface area contributed by atoms with E-state index < -0.39 is 5.91 Å². The SMILES string of the molecule is Cc1cc(CN)ccc1-n1cc(C(N)=O)cn1. The first-order valence-electron chi connectivity index (χ1n) is 5.26. The van der Waals surface area contributed by atoms with Gasteiger partial charge in [0.05, 0.1) is 17.4 Å². The maximum Gasteiger partial charge on any atom is 0.251 e. The largest absolute Gasteiger partial charge is 0.366 e. The van der Waals surface area contributed by atoms with E-state index in [4.69, 9.17) is 11.5 Å². The number of nitrogens with zero attached hydrogens (tertiary/aromatic N) is 2. The van der Waals surface area contributed by atoms with E-state index in [9.17, 15) is 4.79 Å². The van der Waals surface area contributed by atoms with Gasteiger partial charge in [-0.3, -0.25) is 4.79 Å². The lowest BCUT2D eigenvalue weighted by Gasteiger charge is -2.07. The van der Waals surface area contributed by atoms with Crippen LogP contribution in [0.2, 0.25) is 0 Å². The Kier molecular flexibility index (Phi) is 2.93. The van der Waals surface area contributed by atoms with Gasteiger partial charge in [-0.15, -0.1) is 0 Å². The van der Waals surface area contributed by atoms with E-state index in [0.29, 0.717) is 12.1 Å². The minimum absolute atomic E-state index is 0.396. The Hall–Kier alpha value is -2.14. The number of primary amides is 1. The van der Waals surface area contributed by atoms with Gasteiger partial charge in [0.2, 0.25) is 0 Å². The molecule has 1 amide bonds. The summed E-state index contributed by atoms with van der Waals surface area (Å²) in [6, 6.07) is 5.87. The van der Waals surface area contributed by atoms with Gasteiger partial charge in [-0.05, 0) is 24.1 Å². The second-order valence-electron chi connectivity index (χ2n) is 3.86. The van der Waals surface area contributed by atoms with Gasteiger partial charge in [0, 0.05) is 12.7 Å². The number of benzene rings is 1. The molecule has 4 N–H and O–H groups in total. The molecular weight excluding hydrogens is 216 g/mol. The molecule has 0 bridgehead atoms. The number of aryl methyl sites for hydroxylation is 1. The van der Waals surface area contributed by atoms with E-state index in [1.165, 1.54) is 6.20 Å². The minimum atomic E-state index is -0.479. The monoisotopic (exact) mass is 230 g/mol. The molecule has 88 valence electrons. The molecule has 1 aromatic carbocycles. The number of carbonyl (C=O) groups excluding carboxylic acids is 1. The Morgan fingerprint density at radius 3 is 2.76 bits per heavy atom. The van der Waals surface area contributed by atoms with Gasteiger partial charge in [0.25, 0.3) is 5.91 Å². The minimum Gasteiger partial charge on any atom is -0.366 e. The van der Waals surface area contributed by atoms with Crippen LogP contribution in [0.25, 0.3) is 5.69 Å². The van der Waals surface area contributed by atoms with Crippen molar-refractivity contribution in [3.63, 3.8) is 0 Å². The van der Waals surface area contributed by atoms with E-state index in [-0.39, 0.29) is 0 Å². The normalized spacial score (nSPS) is 10.5. The van der Waals surface area contributed by atoms with Crippen molar-refractivity contribution < 1.29 is 4.79 Å². The number of rotatable bonds is 3. The highest BCUT2D eigenvalue weighted by Gasteiger charge is 2.07. The molecule has 5 nitrogen and oxygen atoms in total. The first kappa shape index (κ1) is 11.3. The Labute approximate surface area is 99.0 Å². The standard InChI is InChI=1S/C12H14N4O/c1-8-4-9(5-13)2-3-11(8)16-7-10(6-15-16)12(14)17/h2-4,6-7H,5,13H2,1H3,(H2,14,17). The third-order valence-corrected chi connectivity index (χ3v) is 2.61. The predicted octanol–water partition coefficient (Wildman–Crippen LogP) is 0.738. The number of carbonyl (C=O) groups is 1. The summed E-state index contributed by atoms with van der Waals surface area (Å²) in [4.78, 5) is 11.0. The summed E-state index contributed by atoms with van der Waals surface area (Å²) in [5.74, 6) is -0.479. The molecule has 0 aliphatic heterocycles. The second kappa shape index (κ2) is 4.39. The third kappa shape index (κ3) is 2.19. The number of hydrogen-bond acceptors (Lipinski definition) is 3. The van der Waals surface area contributed by atoms with Crippen molar-refractivity contribution in [3.05, 3.63) is 47.3 Å². The lowest BCUT2D eigenvalue weighted by molar-refractivity contribution is 0.100. The lowest BCUT2D eigenvalue weighted by atomic mass is 10.1. The summed E-state index contributed by atoms with van der Waals surface area (Å²) >= 11 is 0. The molecule has 5 heteroatoms. The predicted molar refractivity (Wildman–Crippen MR) is 64.7 cm³/mol. The van der Waals surface area contributed by atoms with E-state index in [0.717, 1.165) is 16.8 Å². The van der Waals surface area contributed by atoms with Crippen LogP contribution in [0.3, 0.4) is 0 Å². The van der Waals surface area contributed by atoms with Crippen LogP contribution in [0.5, 0.6) is 0 Å². The molecular formula is C12H14N4O. The molecule has 1 aromatic heterocycles. The number of aromatic nitrogens is 2. The van der Waals surface area contributed by atoms with Gasteiger partial charge in [0.15, 0.2) is 0 Å². The van der Waals surface area contributed by atoms with E-state index in [2.05, 4.69) is 5.10 Å². The molecule has 0 aliphatic carbocycles. The molecule has 0 atom stereocenters. The highest BCUT2D eigenvalue weighted by Crippen LogP contribution is 2.15. The lowest BCUT2D eigenvalue weighted by Crippen LogP contribution is -2.09. The molecule has 0 unspecified atom stereocenters. The van der Waals surface area contributed by atoms with Crippen molar-refractivity contribution in [1.29, 1.82) is 0 Å². The summed E-state index contributed by atoms with van der Waals surface area (Å²) in [5, 5.41) is 4.11. The van der Waals surface area contributed by atoms with Gasteiger partial charge in [0.1, 0.15) is 0 Å². The fraction of sp³-hybridized carbons (Fsp3) is 0.167. The summed E-state index contributed by atoms with van der Waals surface area (Å²) < 4.78 is 1.63. The average Bonchev–Trinajstić information content (AvgIpc) is 2.78. The highest BCUT2D eigenvalue weighted by molar-refractivity contribution is 5.92. The molecule has 0 saturated heterocycles. The zero-order valence-electron chi connectivity index (χ0n) is 9.55. The quantitative estimate of drug-likeness (QED) is 0.815. The Morgan fingerprint density at radius 2 is 2.24 bits per heavy atom. The van der Waals surface area contributed by atoms with Crippen molar-refractivity contribution in [2.75, 3.05) is 0 Å². The average molecular weight is 230 g/mol. The molecule has 0 aliphatic rings. The molecule has 17 heavy (non-hydrogen) atoms. The van der Waals surface area contributed by atoms with Crippen LogP contribution < -0.4 is 11.5 Å². The van der Waals surface area contributed by atoms with Crippen molar-refractivity contribution in [2.24, 2.45) is 11.5 Å². The molecule has 2 aromatic rings. The van der Waals surface area contributed by atoms with Crippen molar-refractivity contribution >= 4 is 5.91 Å². The van der Waals surface area contributed by atoms with Crippen molar-refractivity contribution in [1.82, 2.24) is 9.78 Å². The van der Waals surface area contributed by atoms with Crippen molar-refractivity contribution in [3.8, 4) is 5.69 Å². The van der Waals surface area contributed by atoms with Crippen LogP contribution in [0.15, 0.2) is 30.6 Å². The molecule has 0 spiro atoms. The molecule has 0 saturated carbocycles. The fourth-order valence-corrected chi connectivity index (χ4v) is 1.68. The maximum atomic E-state index is 11.0. The van der Waals surface area contributed by atoms with Crippen LogP contribution in [-0.2, 0) is 6.54 Å². The van der Waals surface area contributed by atoms with Gasteiger partial charge in [-0.1, -0.05) is 12.1 Å². The second-order valence-corrected chi connectivity index (χ2v) is 3.86. The smallest absolute Gasteiger partial charge is 0.251 e. The van der Waals surface area contributed by atoms with Crippen LogP contribution >= 0.6 is 0 Å². The summed E-state index contributed by atoms with van der Waals surface area (Å²) in [6.45, 7) is 2.48. The molecule has 0 fully saturated rings. The first-order valence-corrected chi connectivity index (χ1v) is 5.26. The fourth-order valence-electron chi connectivity index (χ4n) is 1.68. The highest BCUT2D eigenvalue weighted by atomic mass is 16.1. The third-order valence-electron chi connectivity index (χ3n) is 2.61. The first-order chi connectivity index (χ1) is 8.11. The van der Waals surface area contributed by atoms with Gasteiger partial charge < -0.3 is 11.5 Å². The van der Waals surface area contributed by atoms with Crippen LogP contribution in [0.4, 0.5) is 0 Å². The Balaban J connectivity index is 2.42. The van der Waals surface area contributed by atoms with E-state index in [1.807, 2.05) is 25.1 Å². The maximum absolute atomic E-state index is 11.0. The molecule has 2 rings (SSSR count). The molecule has 1 heterocycles. The Bertz CT molecular complexity index is 559. The van der Waals surface area contributed by atoms with Gasteiger partial charge in [-0.25, -0.2) is 4.68 Å². The zero-order chi connectivity index (χ0) is 12.4.